The third kappa shape index (κ3) is 6.36. The highest BCUT2D eigenvalue weighted by molar-refractivity contribution is 5.92. The second-order valence-electron chi connectivity index (χ2n) is 5.23. The van der Waals surface area contributed by atoms with Gasteiger partial charge in [0.1, 0.15) is 5.75 Å². The molecule has 0 aromatic heterocycles. The van der Waals surface area contributed by atoms with Crippen molar-refractivity contribution in [2.45, 2.75) is 13.0 Å². The minimum Gasteiger partial charge on any atom is -0.508 e. The van der Waals surface area contributed by atoms with Gasteiger partial charge in [0.05, 0.1) is 0 Å². The maximum atomic E-state index is 11.7. The molecule has 2 amide bonds. The first-order chi connectivity index (χ1) is 11.6. The SMILES string of the molecule is O=C(/C=C/c1ccc(O)cc1)NCCC(=O)NCc1ccccc1. The average Bonchev–Trinajstić information content (AvgIpc) is 2.60. The van der Waals surface area contributed by atoms with Gasteiger partial charge in [0.15, 0.2) is 0 Å². The maximum Gasteiger partial charge on any atom is 0.244 e. The molecule has 0 fully saturated rings. The summed E-state index contributed by atoms with van der Waals surface area (Å²) in [5.74, 6) is -0.196. The number of phenolic OH excluding ortho intramolecular Hbond substituents is 1. The van der Waals surface area contributed by atoms with Gasteiger partial charge in [-0.05, 0) is 29.3 Å². The van der Waals surface area contributed by atoms with Crippen molar-refractivity contribution in [1.82, 2.24) is 10.6 Å². The molecule has 0 heterocycles. The van der Waals surface area contributed by atoms with Crippen LogP contribution in [0.1, 0.15) is 17.5 Å². The highest BCUT2D eigenvalue weighted by Crippen LogP contribution is 2.10. The smallest absolute Gasteiger partial charge is 0.244 e. The van der Waals surface area contributed by atoms with Crippen molar-refractivity contribution in [1.29, 1.82) is 0 Å². The summed E-state index contributed by atoms with van der Waals surface area (Å²) in [5, 5.41) is 14.6. The number of nitrogens with one attached hydrogen (secondary N) is 2. The zero-order valence-electron chi connectivity index (χ0n) is 13.2. The lowest BCUT2D eigenvalue weighted by Crippen LogP contribution is -2.29. The predicted molar refractivity (Wildman–Crippen MR) is 93.1 cm³/mol. The van der Waals surface area contributed by atoms with Crippen molar-refractivity contribution < 1.29 is 14.7 Å². The molecule has 124 valence electrons. The van der Waals surface area contributed by atoms with Crippen LogP contribution in [0.3, 0.4) is 0 Å². The molecule has 0 atom stereocenters. The highest BCUT2D eigenvalue weighted by atomic mass is 16.3. The topological polar surface area (TPSA) is 78.4 Å². The largest absolute Gasteiger partial charge is 0.508 e. The monoisotopic (exact) mass is 324 g/mol. The summed E-state index contributed by atoms with van der Waals surface area (Å²) in [4.78, 5) is 23.4. The van der Waals surface area contributed by atoms with E-state index in [1.807, 2.05) is 30.3 Å². The lowest BCUT2D eigenvalue weighted by atomic mass is 10.2. The maximum absolute atomic E-state index is 11.7. The van der Waals surface area contributed by atoms with E-state index in [0.717, 1.165) is 11.1 Å². The molecule has 0 spiro atoms. The van der Waals surface area contributed by atoms with Crippen LogP contribution in [0, 0.1) is 0 Å². The molecule has 2 rings (SSSR count). The zero-order chi connectivity index (χ0) is 17.2. The third-order valence-corrected chi connectivity index (χ3v) is 3.30. The Morgan fingerprint density at radius 3 is 2.38 bits per heavy atom. The van der Waals surface area contributed by atoms with E-state index in [1.54, 1.807) is 30.3 Å². The molecule has 0 unspecified atom stereocenters. The molecule has 0 aliphatic rings. The molecule has 0 radical (unpaired) electrons. The van der Waals surface area contributed by atoms with Crippen molar-refractivity contribution in [2.75, 3.05) is 6.54 Å². The van der Waals surface area contributed by atoms with Crippen LogP contribution in [0.2, 0.25) is 0 Å². The number of aromatic hydroxyl groups is 1. The van der Waals surface area contributed by atoms with Gasteiger partial charge in [0, 0.05) is 25.6 Å². The minimum atomic E-state index is -0.265. The molecule has 2 aromatic rings. The first kappa shape index (κ1) is 17.3. The zero-order valence-corrected chi connectivity index (χ0v) is 13.2. The molecule has 0 saturated heterocycles. The summed E-state index contributed by atoms with van der Waals surface area (Å²) in [7, 11) is 0. The first-order valence-electron chi connectivity index (χ1n) is 7.69. The van der Waals surface area contributed by atoms with E-state index in [2.05, 4.69) is 10.6 Å². The number of rotatable bonds is 7. The van der Waals surface area contributed by atoms with Gasteiger partial charge in [-0.15, -0.1) is 0 Å². The summed E-state index contributed by atoms with van der Waals surface area (Å²) in [6, 6.07) is 16.2. The number of benzene rings is 2. The Balaban J connectivity index is 1.64. The average molecular weight is 324 g/mol. The Morgan fingerprint density at radius 2 is 1.67 bits per heavy atom. The van der Waals surface area contributed by atoms with E-state index in [-0.39, 0.29) is 30.5 Å². The number of amides is 2. The van der Waals surface area contributed by atoms with Gasteiger partial charge in [-0.3, -0.25) is 9.59 Å². The van der Waals surface area contributed by atoms with Crippen LogP contribution >= 0.6 is 0 Å². The Labute approximate surface area is 141 Å². The van der Waals surface area contributed by atoms with E-state index in [0.29, 0.717) is 6.54 Å². The van der Waals surface area contributed by atoms with E-state index in [4.69, 9.17) is 0 Å². The van der Waals surface area contributed by atoms with E-state index >= 15 is 0 Å². The van der Waals surface area contributed by atoms with Crippen molar-refractivity contribution in [3.63, 3.8) is 0 Å². The summed E-state index contributed by atoms with van der Waals surface area (Å²) in [6.45, 7) is 0.758. The standard InChI is InChI=1S/C19H20N2O3/c22-17-9-6-15(7-10-17)8-11-18(23)20-13-12-19(24)21-14-16-4-2-1-3-5-16/h1-11,22H,12-14H2,(H,20,23)(H,21,24)/b11-8+. The van der Waals surface area contributed by atoms with Gasteiger partial charge in [0.25, 0.3) is 0 Å². The quantitative estimate of drug-likeness (QED) is 0.683. The Morgan fingerprint density at radius 1 is 0.958 bits per heavy atom. The molecule has 5 heteroatoms. The van der Waals surface area contributed by atoms with Crippen LogP contribution < -0.4 is 10.6 Å². The second-order valence-corrected chi connectivity index (χ2v) is 5.23. The minimum absolute atomic E-state index is 0.110. The van der Waals surface area contributed by atoms with Crippen LogP contribution in [0.25, 0.3) is 6.08 Å². The van der Waals surface area contributed by atoms with Crippen molar-refractivity contribution in [3.8, 4) is 5.75 Å². The van der Waals surface area contributed by atoms with Gasteiger partial charge < -0.3 is 15.7 Å². The van der Waals surface area contributed by atoms with E-state index in [1.165, 1.54) is 6.08 Å². The second kappa shape index (κ2) is 9.15. The van der Waals surface area contributed by atoms with Crippen LogP contribution in [-0.4, -0.2) is 23.5 Å². The lowest BCUT2D eigenvalue weighted by molar-refractivity contribution is -0.121. The Kier molecular flexibility index (Phi) is 6.58. The summed E-state index contributed by atoms with van der Waals surface area (Å²) in [6.07, 6.45) is 3.27. The normalized spacial score (nSPS) is 10.5. The molecular weight excluding hydrogens is 304 g/mol. The fourth-order valence-electron chi connectivity index (χ4n) is 2.00. The van der Waals surface area contributed by atoms with Crippen LogP contribution in [0.15, 0.2) is 60.7 Å². The van der Waals surface area contributed by atoms with Gasteiger partial charge in [-0.25, -0.2) is 0 Å². The number of carbonyl (C=O) groups is 2. The molecule has 2 aromatic carbocycles. The molecule has 24 heavy (non-hydrogen) atoms. The summed E-state index contributed by atoms with van der Waals surface area (Å²) >= 11 is 0. The molecule has 0 saturated carbocycles. The highest BCUT2D eigenvalue weighted by Gasteiger charge is 2.02. The van der Waals surface area contributed by atoms with Gasteiger partial charge in [0.2, 0.25) is 11.8 Å². The lowest BCUT2D eigenvalue weighted by Gasteiger charge is -2.05. The molecular formula is C19H20N2O3. The number of phenols is 1. The predicted octanol–water partition coefficient (Wildman–Crippen LogP) is 2.23. The van der Waals surface area contributed by atoms with Gasteiger partial charge in [-0.1, -0.05) is 42.5 Å². The number of carbonyl (C=O) groups excluding carboxylic acids is 2. The summed E-state index contributed by atoms with van der Waals surface area (Å²) < 4.78 is 0. The van der Waals surface area contributed by atoms with Crippen molar-refractivity contribution in [2.24, 2.45) is 0 Å². The van der Waals surface area contributed by atoms with E-state index in [9.17, 15) is 14.7 Å². The Hall–Kier alpha value is -3.08. The third-order valence-electron chi connectivity index (χ3n) is 3.30. The number of hydrogen-bond donors (Lipinski definition) is 3. The van der Waals surface area contributed by atoms with Crippen molar-refractivity contribution in [3.05, 3.63) is 71.8 Å². The van der Waals surface area contributed by atoms with Crippen LogP contribution in [0.4, 0.5) is 0 Å². The van der Waals surface area contributed by atoms with Crippen LogP contribution in [0.5, 0.6) is 5.75 Å². The molecule has 0 bridgehead atoms. The number of hydrogen-bond acceptors (Lipinski definition) is 3. The van der Waals surface area contributed by atoms with E-state index < -0.39 is 0 Å². The van der Waals surface area contributed by atoms with Crippen LogP contribution in [-0.2, 0) is 16.1 Å². The fourth-order valence-corrected chi connectivity index (χ4v) is 2.00. The first-order valence-corrected chi connectivity index (χ1v) is 7.69. The van der Waals surface area contributed by atoms with Gasteiger partial charge in [-0.2, -0.15) is 0 Å². The molecule has 0 aliphatic heterocycles. The Bertz CT molecular complexity index is 694. The fraction of sp³-hybridized carbons (Fsp3) is 0.158. The molecule has 5 nitrogen and oxygen atoms in total. The molecule has 0 aliphatic carbocycles. The molecule has 3 N–H and O–H groups in total. The summed E-state index contributed by atoms with van der Waals surface area (Å²) in [5.41, 5.74) is 1.84. The van der Waals surface area contributed by atoms with Crippen molar-refractivity contribution >= 4 is 17.9 Å². The van der Waals surface area contributed by atoms with Gasteiger partial charge >= 0.3 is 0 Å².